The number of fused-ring (bicyclic) bond motifs is 3. The van der Waals surface area contributed by atoms with Crippen molar-refractivity contribution in [3.8, 4) is 56.6 Å². The van der Waals surface area contributed by atoms with E-state index in [1.165, 1.54) is 35.0 Å². The van der Waals surface area contributed by atoms with Crippen molar-refractivity contribution in [2.75, 3.05) is 0 Å². The smallest absolute Gasteiger partial charge is 0.140 e. The number of benzene rings is 6. The third kappa shape index (κ3) is 5.42. The molecule has 0 atom stereocenters. The predicted octanol–water partition coefficient (Wildman–Crippen LogP) is 11.9. The van der Waals surface area contributed by atoms with Crippen LogP contribution in [-0.2, 0) is 0 Å². The average Bonchev–Trinajstić information content (AvgIpc) is 3.72. The summed E-state index contributed by atoms with van der Waals surface area (Å²) in [5.74, 6) is 1.47. The summed E-state index contributed by atoms with van der Waals surface area (Å²) in [5, 5.41) is 7.45. The Morgan fingerprint density at radius 3 is 2.00 bits per heavy atom. The summed E-state index contributed by atoms with van der Waals surface area (Å²) < 4.78 is 25.0. The van der Waals surface area contributed by atoms with E-state index in [-0.39, 0.29) is 5.82 Å². The van der Waals surface area contributed by atoms with Gasteiger partial charge in [-0.15, -0.1) is 0 Å². The first kappa shape index (κ1) is 31.2. The minimum absolute atomic E-state index is 0.343. The first-order valence-corrected chi connectivity index (χ1v) is 17.3. The molecule has 0 spiro atoms. The highest BCUT2D eigenvalue weighted by Gasteiger charge is 2.25. The molecule has 52 heavy (non-hydrogen) atoms. The molecule has 0 aliphatic carbocycles. The summed E-state index contributed by atoms with van der Waals surface area (Å²) in [7, 11) is 0. The standard InChI is InChI=1S/C46H33FN4O/c1-30-13-11-14-31(2)43(30)44-45(32-15-5-3-6-16-32)49-51(46(44)33-17-7-4-8-18-33)35-19-12-20-36(28-35)52-37-23-24-39-38-21-9-10-22-40(38)50(41(39)29-37)42-27-34(47)25-26-48-42/h3-29H,1-2H3. The molecule has 5 nitrogen and oxygen atoms in total. The van der Waals surface area contributed by atoms with Gasteiger partial charge in [-0.3, -0.25) is 4.57 Å². The van der Waals surface area contributed by atoms with Gasteiger partial charge < -0.3 is 4.74 Å². The summed E-state index contributed by atoms with van der Waals surface area (Å²) >= 11 is 0. The van der Waals surface area contributed by atoms with E-state index in [9.17, 15) is 4.39 Å². The maximum absolute atomic E-state index is 14.4. The van der Waals surface area contributed by atoms with Crippen molar-refractivity contribution in [2.45, 2.75) is 13.8 Å². The molecule has 250 valence electrons. The lowest BCUT2D eigenvalue weighted by molar-refractivity contribution is 0.483. The van der Waals surface area contributed by atoms with Crippen LogP contribution < -0.4 is 4.74 Å². The van der Waals surface area contributed by atoms with E-state index < -0.39 is 0 Å². The molecule has 3 aromatic heterocycles. The van der Waals surface area contributed by atoms with Crippen molar-refractivity contribution in [3.63, 3.8) is 0 Å². The monoisotopic (exact) mass is 676 g/mol. The number of ether oxygens (including phenoxy) is 1. The number of para-hydroxylation sites is 1. The molecule has 9 aromatic rings. The third-order valence-electron chi connectivity index (χ3n) is 9.59. The van der Waals surface area contributed by atoms with Crippen LogP contribution in [0, 0.1) is 19.7 Å². The highest BCUT2D eigenvalue weighted by atomic mass is 19.1. The fourth-order valence-corrected chi connectivity index (χ4v) is 7.30. The van der Waals surface area contributed by atoms with Gasteiger partial charge in [0.05, 0.1) is 22.4 Å². The van der Waals surface area contributed by atoms with E-state index in [1.807, 2.05) is 69.9 Å². The SMILES string of the molecule is Cc1cccc(C)c1-c1c(-c2ccccc2)nn(-c2cccc(Oc3ccc4c5ccccc5n(-c5cc(F)ccn5)c4c3)c2)c1-c1ccccc1. The molecule has 9 rings (SSSR count). The lowest BCUT2D eigenvalue weighted by Gasteiger charge is -2.15. The van der Waals surface area contributed by atoms with Gasteiger partial charge in [0.2, 0.25) is 0 Å². The molecular weight excluding hydrogens is 644 g/mol. The van der Waals surface area contributed by atoms with E-state index >= 15 is 0 Å². The average molecular weight is 677 g/mol. The van der Waals surface area contributed by atoms with Crippen molar-refractivity contribution in [3.05, 3.63) is 181 Å². The van der Waals surface area contributed by atoms with Crippen molar-refractivity contribution >= 4 is 21.8 Å². The second-order valence-corrected chi connectivity index (χ2v) is 12.9. The Morgan fingerprint density at radius 2 is 1.23 bits per heavy atom. The zero-order valence-electron chi connectivity index (χ0n) is 28.7. The van der Waals surface area contributed by atoms with Gasteiger partial charge >= 0.3 is 0 Å². The lowest BCUT2D eigenvalue weighted by Crippen LogP contribution is -2.00. The second-order valence-electron chi connectivity index (χ2n) is 12.9. The van der Waals surface area contributed by atoms with Gasteiger partial charge in [-0.05, 0) is 66.9 Å². The van der Waals surface area contributed by atoms with Gasteiger partial charge in [-0.1, -0.05) is 103 Å². The molecule has 0 bridgehead atoms. The van der Waals surface area contributed by atoms with Crippen LogP contribution in [0.1, 0.15) is 11.1 Å². The van der Waals surface area contributed by atoms with E-state index in [2.05, 4.69) is 104 Å². The Labute approximate surface area is 300 Å². The summed E-state index contributed by atoms with van der Waals surface area (Å²) in [6, 6.07) is 52.2. The molecule has 0 N–H and O–H groups in total. The van der Waals surface area contributed by atoms with Gasteiger partial charge in [0, 0.05) is 51.9 Å². The van der Waals surface area contributed by atoms with E-state index in [0.717, 1.165) is 55.6 Å². The van der Waals surface area contributed by atoms with E-state index in [4.69, 9.17) is 9.84 Å². The number of pyridine rings is 1. The summed E-state index contributed by atoms with van der Waals surface area (Å²) in [4.78, 5) is 4.51. The van der Waals surface area contributed by atoms with Crippen LogP contribution in [0.5, 0.6) is 11.5 Å². The van der Waals surface area contributed by atoms with Gasteiger partial charge in [0.15, 0.2) is 0 Å². The third-order valence-corrected chi connectivity index (χ3v) is 9.59. The molecule has 0 radical (unpaired) electrons. The number of nitrogens with zero attached hydrogens (tertiary/aromatic N) is 4. The van der Waals surface area contributed by atoms with Crippen LogP contribution in [0.25, 0.3) is 67.0 Å². The van der Waals surface area contributed by atoms with Crippen LogP contribution in [0.2, 0.25) is 0 Å². The number of rotatable bonds is 7. The first-order chi connectivity index (χ1) is 25.5. The molecule has 0 saturated heterocycles. The Balaban J connectivity index is 1.20. The number of aromatic nitrogens is 4. The molecule has 6 aromatic carbocycles. The Hall–Kier alpha value is -6.79. The Morgan fingerprint density at radius 1 is 0.558 bits per heavy atom. The second kappa shape index (κ2) is 12.8. The number of hydrogen-bond donors (Lipinski definition) is 0. The normalized spacial score (nSPS) is 11.4. The van der Waals surface area contributed by atoms with Gasteiger partial charge in [-0.2, -0.15) is 5.10 Å². The molecule has 6 heteroatoms. The van der Waals surface area contributed by atoms with E-state index in [1.54, 1.807) is 0 Å². The van der Waals surface area contributed by atoms with Crippen LogP contribution in [0.15, 0.2) is 164 Å². The van der Waals surface area contributed by atoms with E-state index in [0.29, 0.717) is 17.3 Å². The van der Waals surface area contributed by atoms with Crippen molar-refractivity contribution < 1.29 is 9.13 Å². The topological polar surface area (TPSA) is 44.9 Å². The van der Waals surface area contributed by atoms with Crippen LogP contribution in [0.3, 0.4) is 0 Å². The molecule has 0 unspecified atom stereocenters. The molecule has 0 saturated carbocycles. The van der Waals surface area contributed by atoms with Gasteiger partial charge in [0.1, 0.15) is 28.8 Å². The number of hydrogen-bond acceptors (Lipinski definition) is 3. The Bertz CT molecular complexity index is 2730. The van der Waals surface area contributed by atoms with Crippen molar-refractivity contribution in [1.82, 2.24) is 19.3 Å². The number of aryl methyl sites for hydroxylation is 2. The van der Waals surface area contributed by atoms with Crippen LogP contribution in [0.4, 0.5) is 4.39 Å². The molecule has 0 amide bonds. The summed E-state index contributed by atoms with van der Waals surface area (Å²) in [5.41, 5.74) is 11.3. The highest BCUT2D eigenvalue weighted by Crippen LogP contribution is 2.44. The van der Waals surface area contributed by atoms with Crippen molar-refractivity contribution in [1.29, 1.82) is 0 Å². The van der Waals surface area contributed by atoms with Crippen LogP contribution in [-0.4, -0.2) is 19.3 Å². The highest BCUT2D eigenvalue weighted by molar-refractivity contribution is 6.09. The van der Waals surface area contributed by atoms with Gasteiger partial charge in [0.25, 0.3) is 0 Å². The maximum Gasteiger partial charge on any atom is 0.140 e. The first-order valence-electron chi connectivity index (χ1n) is 17.3. The predicted molar refractivity (Wildman–Crippen MR) is 208 cm³/mol. The zero-order chi connectivity index (χ0) is 35.2. The van der Waals surface area contributed by atoms with Crippen LogP contribution >= 0.6 is 0 Å². The van der Waals surface area contributed by atoms with Crippen molar-refractivity contribution in [2.24, 2.45) is 0 Å². The minimum atomic E-state index is -0.343. The maximum atomic E-state index is 14.4. The summed E-state index contributed by atoms with van der Waals surface area (Å²) in [6.07, 6.45) is 1.49. The minimum Gasteiger partial charge on any atom is -0.457 e. The molecule has 0 aliphatic heterocycles. The molecule has 0 fully saturated rings. The van der Waals surface area contributed by atoms with Gasteiger partial charge in [-0.25, -0.2) is 14.1 Å². The molecule has 0 aliphatic rings. The molecule has 3 heterocycles. The fraction of sp³-hybridized carbons (Fsp3) is 0.0435. The largest absolute Gasteiger partial charge is 0.457 e. The quantitative estimate of drug-likeness (QED) is 0.169. The zero-order valence-corrected chi connectivity index (χ0v) is 28.7. The Kier molecular flexibility index (Phi) is 7.70. The fourth-order valence-electron chi connectivity index (χ4n) is 7.30. The lowest BCUT2D eigenvalue weighted by atomic mass is 9.90. The summed E-state index contributed by atoms with van der Waals surface area (Å²) in [6.45, 7) is 4.33. The molecular formula is C46H33FN4O. The number of halogens is 1.